The van der Waals surface area contributed by atoms with Crippen molar-refractivity contribution in [2.24, 2.45) is 0 Å². The van der Waals surface area contributed by atoms with Crippen LogP contribution in [0.25, 0.3) is 0 Å². The van der Waals surface area contributed by atoms with E-state index < -0.39 is 0 Å². The molecule has 112 valence electrons. The van der Waals surface area contributed by atoms with Gasteiger partial charge in [-0.3, -0.25) is 4.79 Å². The van der Waals surface area contributed by atoms with Gasteiger partial charge >= 0.3 is 0 Å². The summed E-state index contributed by atoms with van der Waals surface area (Å²) in [5.41, 5.74) is 2.23. The van der Waals surface area contributed by atoms with Gasteiger partial charge < -0.3 is 14.0 Å². The van der Waals surface area contributed by atoms with Gasteiger partial charge in [0.05, 0.1) is 22.3 Å². The van der Waals surface area contributed by atoms with Gasteiger partial charge in [-0.05, 0) is 48.8 Å². The highest BCUT2D eigenvalue weighted by Crippen LogP contribution is 2.37. The minimum absolute atomic E-state index is 0.320. The Morgan fingerprint density at radius 1 is 1.33 bits per heavy atom. The van der Waals surface area contributed by atoms with Crippen LogP contribution >= 0.6 is 15.9 Å². The minimum atomic E-state index is 0.320. The van der Waals surface area contributed by atoms with Gasteiger partial charge in [-0.2, -0.15) is 0 Å². The molecular weight excluding hydrogens is 338 g/mol. The van der Waals surface area contributed by atoms with E-state index in [0.717, 1.165) is 23.3 Å². The largest absolute Gasteiger partial charge is 0.490 e. The summed E-state index contributed by atoms with van der Waals surface area (Å²) >= 11 is 3.41. The summed E-state index contributed by atoms with van der Waals surface area (Å²) < 4.78 is 17.2. The summed E-state index contributed by atoms with van der Waals surface area (Å²) in [5, 5.41) is 3.89. The van der Waals surface area contributed by atoms with Gasteiger partial charge in [0.25, 0.3) is 0 Å². The second kappa shape index (κ2) is 6.76. The number of benzene rings is 1. The van der Waals surface area contributed by atoms with Crippen molar-refractivity contribution in [1.29, 1.82) is 0 Å². The monoisotopic (exact) mass is 353 g/mol. The van der Waals surface area contributed by atoms with Crippen LogP contribution in [0, 0.1) is 13.8 Å². The van der Waals surface area contributed by atoms with Crippen molar-refractivity contribution in [2.75, 3.05) is 6.61 Å². The first-order valence-electron chi connectivity index (χ1n) is 6.52. The second-order valence-corrected chi connectivity index (χ2v) is 5.33. The molecule has 0 aliphatic heterocycles. The molecule has 1 heterocycles. The third-order valence-electron chi connectivity index (χ3n) is 3.01. The third kappa shape index (κ3) is 3.44. The first kappa shape index (κ1) is 15.6. The fourth-order valence-electron chi connectivity index (χ4n) is 1.91. The van der Waals surface area contributed by atoms with E-state index in [4.69, 9.17) is 14.0 Å². The number of aryl methyl sites for hydroxylation is 2. The molecule has 0 bridgehead atoms. The summed E-state index contributed by atoms with van der Waals surface area (Å²) in [6.07, 6.45) is 0.769. The van der Waals surface area contributed by atoms with E-state index in [-0.39, 0.29) is 0 Å². The van der Waals surface area contributed by atoms with E-state index in [1.165, 1.54) is 0 Å². The molecule has 0 aliphatic rings. The lowest BCUT2D eigenvalue weighted by Gasteiger charge is -2.14. The van der Waals surface area contributed by atoms with E-state index in [9.17, 15) is 4.79 Å². The Hall–Kier alpha value is -1.82. The molecule has 0 aliphatic carbocycles. The van der Waals surface area contributed by atoms with Crippen molar-refractivity contribution in [3.05, 3.63) is 39.2 Å². The number of aromatic nitrogens is 1. The normalized spacial score (nSPS) is 10.5. The van der Waals surface area contributed by atoms with Crippen LogP contribution in [0.2, 0.25) is 0 Å². The number of rotatable bonds is 6. The second-order valence-electron chi connectivity index (χ2n) is 4.47. The molecule has 0 saturated carbocycles. The smallest absolute Gasteiger partial charge is 0.175 e. The van der Waals surface area contributed by atoms with E-state index in [1.807, 2.05) is 20.8 Å². The standard InChI is InChI=1S/C15H16BrNO4/c1-4-19-14-6-11(7-18)5-13(16)15(14)20-8-12-9(2)17-21-10(12)3/h5-7H,4,8H2,1-3H3. The molecule has 5 nitrogen and oxygen atoms in total. The van der Waals surface area contributed by atoms with Gasteiger partial charge in [0.1, 0.15) is 18.7 Å². The van der Waals surface area contributed by atoms with Gasteiger partial charge in [-0.15, -0.1) is 0 Å². The topological polar surface area (TPSA) is 61.6 Å². The lowest BCUT2D eigenvalue weighted by Crippen LogP contribution is -2.02. The van der Waals surface area contributed by atoms with E-state index >= 15 is 0 Å². The maximum Gasteiger partial charge on any atom is 0.175 e. The molecule has 6 heteroatoms. The molecule has 0 spiro atoms. The number of nitrogens with zero attached hydrogens (tertiary/aromatic N) is 1. The van der Waals surface area contributed by atoms with E-state index in [1.54, 1.807) is 12.1 Å². The average molecular weight is 354 g/mol. The predicted octanol–water partition coefficient (Wildman–Crippen LogP) is 3.84. The Morgan fingerprint density at radius 3 is 2.67 bits per heavy atom. The lowest BCUT2D eigenvalue weighted by molar-refractivity contribution is 0.112. The molecule has 0 N–H and O–H groups in total. The number of halogens is 1. The van der Waals surface area contributed by atoms with E-state index in [0.29, 0.717) is 34.7 Å². The highest BCUT2D eigenvalue weighted by Gasteiger charge is 2.15. The molecule has 0 atom stereocenters. The number of carbonyl (C=O) groups excluding carboxylic acids is 1. The zero-order chi connectivity index (χ0) is 15.4. The maximum atomic E-state index is 10.9. The zero-order valence-electron chi connectivity index (χ0n) is 12.1. The average Bonchev–Trinajstić information content (AvgIpc) is 2.77. The molecule has 1 aromatic heterocycles. The van der Waals surface area contributed by atoms with Crippen molar-refractivity contribution in [3.63, 3.8) is 0 Å². The lowest BCUT2D eigenvalue weighted by atomic mass is 10.2. The molecule has 0 fully saturated rings. The Balaban J connectivity index is 2.28. The fourth-order valence-corrected chi connectivity index (χ4v) is 2.49. The Bertz CT molecular complexity index is 632. The zero-order valence-corrected chi connectivity index (χ0v) is 13.7. The van der Waals surface area contributed by atoms with Crippen molar-refractivity contribution < 1.29 is 18.8 Å². The summed E-state index contributed by atoms with van der Waals surface area (Å²) in [7, 11) is 0. The van der Waals surface area contributed by atoms with Crippen molar-refractivity contribution >= 4 is 22.2 Å². The molecule has 1 aromatic carbocycles. The van der Waals surface area contributed by atoms with Crippen molar-refractivity contribution in [3.8, 4) is 11.5 Å². The van der Waals surface area contributed by atoms with E-state index in [2.05, 4.69) is 21.1 Å². The SMILES string of the molecule is CCOc1cc(C=O)cc(Br)c1OCc1c(C)noc1C. The highest BCUT2D eigenvalue weighted by atomic mass is 79.9. The fraction of sp³-hybridized carbons (Fsp3) is 0.333. The Labute approximate surface area is 131 Å². The van der Waals surface area contributed by atoms with Crippen LogP contribution in [-0.2, 0) is 6.61 Å². The van der Waals surface area contributed by atoms with Crippen LogP contribution in [0.4, 0.5) is 0 Å². The molecule has 2 aromatic rings. The first-order valence-corrected chi connectivity index (χ1v) is 7.32. The van der Waals surface area contributed by atoms with Crippen LogP contribution in [0.15, 0.2) is 21.1 Å². The molecular formula is C15H16BrNO4. The maximum absolute atomic E-state index is 10.9. The quantitative estimate of drug-likeness (QED) is 0.738. The summed E-state index contributed by atoms with van der Waals surface area (Å²) in [4.78, 5) is 10.9. The summed E-state index contributed by atoms with van der Waals surface area (Å²) in [6.45, 7) is 6.38. The van der Waals surface area contributed by atoms with Crippen LogP contribution < -0.4 is 9.47 Å². The third-order valence-corrected chi connectivity index (χ3v) is 3.60. The van der Waals surface area contributed by atoms with Gasteiger partial charge in [-0.25, -0.2) is 0 Å². The number of hydrogen-bond acceptors (Lipinski definition) is 5. The van der Waals surface area contributed by atoms with Gasteiger partial charge in [0.15, 0.2) is 11.5 Å². The number of ether oxygens (including phenoxy) is 2. The van der Waals surface area contributed by atoms with Crippen LogP contribution in [0.1, 0.15) is 34.3 Å². The molecule has 0 radical (unpaired) electrons. The molecule has 0 unspecified atom stereocenters. The predicted molar refractivity (Wildman–Crippen MR) is 81.0 cm³/mol. The van der Waals surface area contributed by atoms with Crippen LogP contribution in [0.5, 0.6) is 11.5 Å². The number of aldehydes is 1. The summed E-state index contributed by atoms with van der Waals surface area (Å²) in [5.74, 6) is 1.81. The summed E-state index contributed by atoms with van der Waals surface area (Å²) in [6, 6.07) is 3.35. The number of carbonyl (C=O) groups is 1. The Kier molecular flexibility index (Phi) is 5.01. The molecule has 2 rings (SSSR count). The van der Waals surface area contributed by atoms with Crippen molar-refractivity contribution in [2.45, 2.75) is 27.4 Å². The van der Waals surface area contributed by atoms with Crippen molar-refractivity contribution in [1.82, 2.24) is 5.16 Å². The van der Waals surface area contributed by atoms with Gasteiger partial charge in [-0.1, -0.05) is 5.16 Å². The molecule has 0 amide bonds. The Morgan fingerprint density at radius 2 is 2.10 bits per heavy atom. The molecule has 0 saturated heterocycles. The molecule has 21 heavy (non-hydrogen) atoms. The van der Waals surface area contributed by atoms with Crippen LogP contribution in [-0.4, -0.2) is 18.0 Å². The first-order chi connectivity index (χ1) is 10.1. The number of hydrogen-bond donors (Lipinski definition) is 0. The van der Waals surface area contributed by atoms with Gasteiger partial charge in [0.2, 0.25) is 0 Å². The minimum Gasteiger partial charge on any atom is -0.490 e. The van der Waals surface area contributed by atoms with Gasteiger partial charge in [0, 0.05) is 5.56 Å². The van der Waals surface area contributed by atoms with Crippen LogP contribution in [0.3, 0.4) is 0 Å². The highest BCUT2D eigenvalue weighted by molar-refractivity contribution is 9.10.